The van der Waals surface area contributed by atoms with Crippen LogP contribution < -0.4 is 9.64 Å². The van der Waals surface area contributed by atoms with Crippen molar-refractivity contribution in [3.63, 3.8) is 0 Å². The number of carbonyl (C=O) groups excluding carboxylic acids is 1. The van der Waals surface area contributed by atoms with E-state index in [1.807, 2.05) is 48.2 Å². The molecule has 0 aliphatic carbocycles. The molecule has 146 valence electrons. The number of rotatable bonds is 5. The highest BCUT2D eigenvalue weighted by molar-refractivity contribution is 8.00. The van der Waals surface area contributed by atoms with Gasteiger partial charge in [-0.3, -0.25) is 4.79 Å². The first-order valence-electron chi connectivity index (χ1n) is 9.20. The van der Waals surface area contributed by atoms with Crippen LogP contribution in [0, 0.1) is 0 Å². The van der Waals surface area contributed by atoms with E-state index < -0.39 is 0 Å². The molecule has 1 aliphatic rings. The zero-order valence-electron chi connectivity index (χ0n) is 15.9. The Bertz CT molecular complexity index is 919. The van der Waals surface area contributed by atoms with Crippen molar-refractivity contribution in [2.75, 3.05) is 38.2 Å². The molecule has 6 nitrogen and oxygen atoms in total. The summed E-state index contributed by atoms with van der Waals surface area (Å²) < 4.78 is 5.19. The number of amides is 1. The van der Waals surface area contributed by atoms with Crippen molar-refractivity contribution < 1.29 is 9.53 Å². The van der Waals surface area contributed by atoms with Crippen LogP contribution in [-0.2, 0) is 4.79 Å². The van der Waals surface area contributed by atoms with Gasteiger partial charge in [-0.25, -0.2) is 9.97 Å². The maximum Gasteiger partial charge on any atom is 0.235 e. The van der Waals surface area contributed by atoms with Gasteiger partial charge in [0.15, 0.2) is 5.13 Å². The van der Waals surface area contributed by atoms with E-state index in [2.05, 4.69) is 14.9 Å². The standard InChI is InChI=1S/C20H22N4O2S2/c1-14(27-16-7-5-15(26-2)6-8-16)19(25)23-10-12-24(13-11-23)20-22-17-4-3-9-21-18(17)28-20/h3-9,14H,10-13H2,1-2H3. The van der Waals surface area contributed by atoms with Crippen LogP contribution in [0.4, 0.5) is 5.13 Å². The van der Waals surface area contributed by atoms with Crippen molar-refractivity contribution in [2.24, 2.45) is 0 Å². The third-order valence-electron chi connectivity index (χ3n) is 4.74. The molecule has 1 atom stereocenters. The van der Waals surface area contributed by atoms with Crippen molar-refractivity contribution in [1.82, 2.24) is 14.9 Å². The molecule has 0 saturated carbocycles. The Balaban J connectivity index is 1.33. The smallest absolute Gasteiger partial charge is 0.235 e. The number of thioether (sulfide) groups is 1. The first kappa shape index (κ1) is 19.0. The normalized spacial score (nSPS) is 15.6. The molecule has 8 heteroatoms. The maximum absolute atomic E-state index is 12.8. The molecule has 2 aromatic heterocycles. The molecule has 0 radical (unpaired) electrons. The summed E-state index contributed by atoms with van der Waals surface area (Å²) >= 11 is 3.20. The number of thiazole rings is 1. The molecule has 28 heavy (non-hydrogen) atoms. The molecule has 1 fully saturated rings. The Hall–Kier alpha value is -2.32. The lowest BCUT2D eigenvalue weighted by molar-refractivity contribution is -0.130. The van der Waals surface area contributed by atoms with Gasteiger partial charge >= 0.3 is 0 Å². The number of nitrogens with zero attached hydrogens (tertiary/aromatic N) is 4. The first-order valence-corrected chi connectivity index (χ1v) is 10.9. The number of ether oxygens (including phenoxy) is 1. The third-order valence-corrected chi connectivity index (χ3v) is 6.88. The molecule has 1 amide bonds. The number of pyridine rings is 1. The number of anilines is 1. The molecule has 0 spiro atoms. The highest BCUT2D eigenvalue weighted by Crippen LogP contribution is 2.29. The Labute approximate surface area is 172 Å². The van der Waals surface area contributed by atoms with Crippen molar-refractivity contribution >= 4 is 44.5 Å². The van der Waals surface area contributed by atoms with E-state index in [4.69, 9.17) is 4.74 Å². The van der Waals surface area contributed by atoms with E-state index in [1.54, 1.807) is 36.4 Å². The van der Waals surface area contributed by atoms with Gasteiger partial charge in [0.25, 0.3) is 0 Å². The van der Waals surface area contributed by atoms with Crippen molar-refractivity contribution in [3.8, 4) is 5.75 Å². The minimum Gasteiger partial charge on any atom is -0.497 e. The molecule has 1 aliphatic heterocycles. The summed E-state index contributed by atoms with van der Waals surface area (Å²) in [7, 11) is 1.65. The zero-order valence-corrected chi connectivity index (χ0v) is 17.5. The van der Waals surface area contributed by atoms with Gasteiger partial charge < -0.3 is 14.5 Å². The molecule has 3 heterocycles. The number of piperazine rings is 1. The molecule has 1 saturated heterocycles. The van der Waals surface area contributed by atoms with Gasteiger partial charge in [-0.05, 0) is 43.3 Å². The fraction of sp³-hybridized carbons (Fsp3) is 0.350. The minimum atomic E-state index is -0.119. The van der Waals surface area contributed by atoms with E-state index >= 15 is 0 Å². The minimum absolute atomic E-state index is 0.119. The predicted molar refractivity (Wildman–Crippen MR) is 115 cm³/mol. The Morgan fingerprint density at radius 1 is 1.18 bits per heavy atom. The average molecular weight is 415 g/mol. The predicted octanol–water partition coefficient (Wildman–Crippen LogP) is 3.53. The zero-order chi connectivity index (χ0) is 19.5. The van der Waals surface area contributed by atoms with E-state index in [0.717, 1.165) is 52.3 Å². The van der Waals surface area contributed by atoms with Gasteiger partial charge in [0.05, 0.1) is 12.4 Å². The van der Waals surface area contributed by atoms with Crippen molar-refractivity contribution in [2.45, 2.75) is 17.1 Å². The summed E-state index contributed by atoms with van der Waals surface area (Å²) in [4.78, 5) is 28.1. The number of methoxy groups -OCH3 is 1. The van der Waals surface area contributed by atoms with Crippen molar-refractivity contribution in [1.29, 1.82) is 0 Å². The number of hydrogen-bond donors (Lipinski definition) is 0. The van der Waals surface area contributed by atoms with Crippen LogP contribution in [-0.4, -0.2) is 59.3 Å². The molecule has 3 aromatic rings. The highest BCUT2D eigenvalue weighted by atomic mass is 32.2. The van der Waals surface area contributed by atoms with Gasteiger partial charge in [-0.2, -0.15) is 0 Å². The molecule has 4 rings (SSSR count). The van der Waals surface area contributed by atoms with Gasteiger partial charge in [-0.15, -0.1) is 11.8 Å². The van der Waals surface area contributed by atoms with Gasteiger partial charge in [-0.1, -0.05) is 11.3 Å². The molecule has 1 unspecified atom stereocenters. The lowest BCUT2D eigenvalue weighted by atomic mass is 10.3. The quantitative estimate of drug-likeness (QED) is 0.596. The van der Waals surface area contributed by atoms with Crippen LogP contribution in [0.2, 0.25) is 0 Å². The van der Waals surface area contributed by atoms with Crippen LogP contribution in [0.15, 0.2) is 47.5 Å². The third kappa shape index (κ3) is 4.07. The van der Waals surface area contributed by atoms with Crippen LogP contribution in [0.5, 0.6) is 5.75 Å². The van der Waals surface area contributed by atoms with Crippen LogP contribution in [0.25, 0.3) is 10.3 Å². The fourth-order valence-electron chi connectivity index (χ4n) is 3.18. The second-order valence-electron chi connectivity index (χ2n) is 6.57. The number of hydrogen-bond acceptors (Lipinski definition) is 7. The average Bonchev–Trinajstić information content (AvgIpc) is 3.18. The lowest BCUT2D eigenvalue weighted by Crippen LogP contribution is -2.50. The number of carbonyl (C=O) groups is 1. The molecule has 1 aromatic carbocycles. The SMILES string of the molecule is COc1ccc(SC(C)C(=O)N2CCN(c3nc4cccnc4s3)CC2)cc1. The molecular weight excluding hydrogens is 392 g/mol. The van der Waals surface area contributed by atoms with E-state index in [9.17, 15) is 4.79 Å². The summed E-state index contributed by atoms with van der Waals surface area (Å²) in [5.41, 5.74) is 0.936. The van der Waals surface area contributed by atoms with Crippen LogP contribution in [0.3, 0.4) is 0 Å². The van der Waals surface area contributed by atoms with Crippen molar-refractivity contribution in [3.05, 3.63) is 42.6 Å². The Kier molecular flexibility index (Phi) is 5.68. The second-order valence-corrected chi connectivity index (χ2v) is 8.94. The number of aromatic nitrogens is 2. The van der Waals surface area contributed by atoms with Gasteiger partial charge in [0, 0.05) is 37.3 Å². The molecule has 0 N–H and O–H groups in total. The molecule has 0 bridgehead atoms. The van der Waals surface area contributed by atoms with Gasteiger partial charge in [0.1, 0.15) is 16.1 Å². The van der Waals surface area contributed by atoms with E-state index in [1.165, 1.54) is 0 Å². The Morgan fingerprint density at radius 2 is 1.93 bits per heavy atom. The molecular formula is C20H22N4O2S2. The largest absolute Gasteiger partial charge is 0.497 e. The number of fused-ring (bicyclic) bond motifs is 1. The monoisotopic (exact) mass is 414 g/mol. The highest BCUT2D eigenvalue weighted by Gasteiger charge is 2.26. The second kappa shape index (κ2) is 8.36. The van der Waals surface area contributed by atoms with Gasteiger partial charge in [0.2, 0.25) is 5.91 Å². The fourth-order valence-corrected chi connectivity index (χ4v) is 5.09. The number of benzene rings is 1. The summed E-state index contributed by atoms with van der Waals surface area (Å²) in [6, 6.07) is 11.7. The van der Waals surface area contributed by atoms with Crippen LogP contribution in [0.1, 0.15) is 6.92 Å². The maximum atomic E-state index is 12.8. The topological polar surface area (TPSA) is 58.6 Å². The Morgan fingerprint density at radius 3 is 2.61 bits per heavy atom. The van der Waals surface area contributed by atoms with E-state index in [-0.39, 0.29) is 11.2 Å². The first-order chi connectivity index (χ1) is 13.6. The summed E-state index contributed by atoms with van der Waals surface area (Å²) in [5, 5.41) is 0.869. The summed E-state index contributed by atoms with van der Waals surface area (Å²) in [6.07, 6.45) is 1.79. The summed E-state index contributed by atoms with van der Waals surface area (Å²) in [5.74, 6) is 1.01. The lowest BCUT2D eigenvalue weighted by Gasteiger charge is -2.35. The summed E-state index contributed by atoms with van der Waals surface area (Å²) in [6.45, 7) is 5.01. The van der Waals surface area contributed by atoms with E-state index in [0.29, 0.717) is 0 Å². The van der Waals surface area contributed by atoms with Crippen LogP contribution >= 0.6 is 23.1 Å².